The van der Waals surface area contributed by atoms with Gasteiger partial charge in [-0.15, -0.1) is 0 Å². The van der Waals surface area contributed by atoms with Gasteiger partial charge in [0.05, 0.1) is 12.2 Å². The number of nitrogens with zero attached hydrogens (tertiary/aromatic N) is 5. The van der Waals surface area contributed by atoms with Gasteiger partial charge in [-0.25, -0.2) is 17.6 Å². The first kappa shape index (κ1) is 27.8. The third-order valence-corrected chi connectivity index (χ3v) is 8.09. The Hall–Kier alpha value is -2.78. The summed E-state index contributed by atoms with van der Waals surface area (Å²) in [5.41, 5.74) is 4.68. The molecule has 2 aromatic carbocycles. The number of piperidine rings is 1. The fourth-order valence-electron chi connectivity index (χ4n) is 5.77. The minimum Gasteiger partial charge on any atom is -0.369 e. The zero-order valence-electron chi connectivity index (χ0n) is 22.0. The van der Waals surface area contributed by atoms with Gasteiger partial charge in [-0.3, -0.25) is 9.58 Å². The number of benzene rings is 2. The Bertz CT molecular complexity index is 1240. The molecule has 0 N–H and O–H groups in total. The highest BCUT2D eigenvalue weighted by atomic mass is 35.5. The monoisotopic (exact) mass is 563 g/mol. The molecule has 2 aliphatic rings. The van der Waals surface area contributed by atoms with Gasteiger partial charge in [0.2, 0.25) is 6.43 Å². The van der Waals surface area contributed by atoms with Crippen LogP contribution in [0, 0.1) is 6.92 Å². The molecule has 0 spiro atoms. The van der Waals surface area contributed by atoms with Gasteiger partial charge >= 0.3 is 0 Å². The predicted molar refractivity (Wildman–Crippen MR) is 149 cm³/mol. The summed E-state index contributed by atoms with van der Waals surface area (Å²) >= 11 is 6.43. The molecule has 1 atom stereocenters. The van der Waals surface area contributed by atoms with Crippen molar-refractivity contribution in [2.75, 3.05) is 55.6 Å². The second-order valence-corrected chi connectivity index (χ2v) is 10.9. The van der Waals surface area contributed by atoms with Crippen molar-refractivity contribution in [2.24, 2.45) is 0 Å². The first-order chi connectivity index (χ1) is 18.8. The largest absolute Gasteiger partial charge is 0.369 e. The molecule has 3 heterocycles. The molecule has 39 heavy (non-hydrogen) atoms. The van der Waals surface area contributed by atoms with Gasteiger partial charge in [-0.2, -0.15) is 5.10 Å². The first-order valence-electron chi connectivity index (χ1n) is 13.5. The molecule has 5 nitrogen and oxygen atoms in total. The molecule has 1 unspecified atom stereocenters. The molecular weight excluding hydrogens is 530 g/mol. The van der Waals surface area contributed by atoms with Crippen LogP contribution in [0.15, 0.2) is 48.7 Å². The Balaban J connectivity index is 1.32. The van der Waals surface area contributed by atoms with Gasteiger partial charge in [0.15, 0.2) is 0 Å². The zero-order valence-corrected chi connectivity index (χ0v) is 22.8. The lowest BCUT2D eigenvalue weighted by molar-refractivity contribution is 0.114. The average molecular weight is 564 g/mol. The fraction of sp³-hybridized carbons (Fsp3) is 0.483. The summed E-state index contributed by atoms with van der Waals surface area (Å²) in [6.45, 7) is 6.64. The quantitative estimate of drug-likeness (QED) is 0.274. The molecule has 0 aliphatic carbocycles. The number of hydrogen-bond acceptors (Lipinski definition) is 4. The van der Waals surface area contributed by atoms with E-state index in [1.165, 1.54) is 10.9 Å². The number of piperazine rings is 1. The Morgan fingerprint density at radius 2 is 1.69 bits per heavy atom. The van der Waals surface area contributed by atoms with Crippen molar-refractivity contribution in [3.05, 3.63) is 64.9 Å². The van der Waals surface area contributed by atoms with E-state index in [0.29, 0.717) is 23.7 Å². The minimum atomic E-state index is -2.57. The maximum atomic E-state index is 13.8. The molecule has 1 aromatic heterocycles. The van der Waals surface area contributed by atoms with Crippen LogP contribution in [0.4, 0.5) is 28.9 Å². The normalized spacial score (nSPS) is 18.9. The highest BCUT2D eigenvalue weighted by Gasteiger charge is 2.29. The van der Waals surface area contributed by atoms with E-state index in [1.54, 1.807) is 6.92 Å². The molecule has 2 aliphatic heterocycles. The summed E-state index contributed by atoms with van der Waals surface area (Å²) in [5.74, 6) is 0. The number of hydrogen-bond donors (Lipinski definition) is 0. The third-order valence-electron chi connectivity index (χ3n) is 7.86. The summed E-state index contributed by atoms with van der Waals surface area (Å²) in [4.78, 5) is 6.61. The van der Waals surface area contributed by atoms with Gasteiger partial charge in [0, 0.05) is 74.2 Å². The predicted octanol–water partition coefficient (Wildman–Crippen LogP) is 7.07. The lowest BCUT2D eigenvalue weighted by Crippen LogP contribution is -2.46. The van der Waals surface area contributed by atoms with Crippen molar-refractivity contribution in [3.8, 4) is 11.1 Å². The molecule has 0 amide bonds. The number of halogens is 5. The van der Waals surface area contributed by atoms with Crippen LogP contribution in [0.1, 0.15) is 43.0 Å². The third kappa shape index (κ3) is 6.35. The second kappa shape index (κ2) is 12.2. The molecule has 0 radical (unpaired) electrons. The summed E-state index contributed by atoms with van der Waals surface area (Å²) in [6, 6.07) is 14.1. The number of aryl methyl sites for hydroxylation is 1. The number of anilines is 2. The summed E-state index contributed by atoms with van der Waals surface area (Å²) < 4.78 is 54.1. The lowest BCUT2D eigenvalue weighted by atomic mass is 9.99. The molecular formula is C29H34ClF4N5. The van der Waals surface area contributed by atoms with Gasteiger partial charge in [0.25, 0.3) is 6.43 Å². The van der Waals surface area contributed by atoms with E-state index < -0.39 is 12.9 Å². The lowest BCUT2D eigenvalue weighted by Gasteiger charge is -2.37. The number of alkyl halides is 4. The van der Waals surface area contributed by atoms with Crippen molar-refractivity contribution in [3.63, 3.8) is 0 Å². The van der Waals surface area contributed by atoms with Crippen molar-refractivity contribution in [2.45, 2.75) is 45.1 Å². The maximum Gasteiger partial charge on any atom is 0.280 e. The van der Waals surface area contributed by atoms with Crippen molar-refractivity contribution < 1.29 is 17.6 Å². The van der Waals surface area contributed by atoms with Crippen LogP contribution >= 0.6 is 11.6 Å². The van der Waals surface area contributed by atoms with E-state index in [4.69, 9.17) is 11.6 Å². The minimum absolute atomic E-state index is 0.00129. The van der Waals surface area contributed by atoms with Crippen LogP contribution in [-0.4, -0.2) is 66.9 Å². The Morgan fingerprint density at radius 1 is 0.949 bits per heavy atom. The topological polar surface area (TPSA) is 27.5 Å². The van der Waals surface area contributed by atoms with Crippen LogP contribution in [0.25, 0.3) is 11.1 Å². The molecule has 210 valence electrons. The molecule has 0 saturated carbocycles. The highest BCUT2D eigenvalue weighted by Crippen LogP contribution is 2.38. The van der Waals surface area contributed by atoms with Crippen molar-refractivity contribution in [1.29, 1.82) is 0 Å². The smallest absolute Gasteiger partial charge is 0.280 e. The molecule has 3 aromatic rings. The Kier molecular flexibility index (Phi) is 8.67. The fourth-order valence-corrected chi connectivity index (χ4v) is 5.93. The molecule has 10 heteroatoms. The summed E-state index contributed by atoms with van der Waals surface area (Å²) in [6.07, 6.45) is -1.73. The van der Waals surface area contributed by atoms with Crippen molar-refractivity contribution in [1.82, 2.24) is 14.7 Å². The van der Waals surface area contributed by atoms with Crippen LogP contribution in [0.5, 0.6) is 0 Å². The molecule has 0 bridgehead atoms. The Morgan fingerprint density at radius 3 is 2.38 bits per heavy atom. The first-order valence-corrected chi connectivity index (χ1v) is 13.9. The number of aromatic nitrogens is 2. The molecule has 2 fully saturated rings. The molecule has 2 saturated heterocycles. The summed E-state index contributed by atoms with van der Waals surface area (Å²) in [5, 5.41) is 4.93. The van der Waals surface area contributed by atoms with Crippen LogP contribution in [0.2, 0.25) is 5.02 Å². The second-order valence-electron chi connectivity index (χ2n) is 10.4. The van der Waals surface area contributed by atoms with Crippen LogP contribution in [0.3, 0.4) is 0 Å². The maximum absolute atomic E-state index is 13.8. The standard InChI is InChI=1S/C29H34ClF4N5/c1-20-18-35-39(28(20)29(33)34)24-3-2-11-38(19-24)26-17-22(30)6-9-25(26)21-4-7-23(8-5-21)37-15-13-36(14-16-37)12-10-27(31)32/h4-9,17-18,24,27,29H,2-3,10-16,19H2,1H3. The van der Waals surface area contributed by atoms with E-state index in [2.05, 4.69) is 44.1 Å². The van der Waals surface area contributed by atoms with E-state index in [0.717, 1.165) is 68.1 Å². The van der Waals surface area contributed by atoms with Gasteiger partial charge < -0.3 is 9.80 Å². The Labute approximate surface area is 231 Å². The van der Waals surface area contributed by atoms with E-state index >= 15 is 0 Å². The van der Waals surface area contributed by atoms with Crippen LogP contribution < -0.4 is 9.80 Å². The van der Waals surface area contributed by atoms with Gasteiger partial charge in [-0.1, -0.05) is 29.8 Å². The van der Waals surface area contributed by atoms with Gasteiger partial charge in [-0.05, 0) is 55.2 Å². The van der Waals surface area contributed by atoms with Gasteiger partial charge in [0.1, 0.15) is 5.69 Å². The van der Waals surface area contributed by atoms with E-state index in [-0.39, 0.29) is 18.2 Å². The zero-order chi connectivity index (χ0) is 27.5. The van der Waals surface area contributed by atoms with Crippen LogP contribution in [-0.2, 0) is 0 Å². The number of rotatable bonds is 8. The molecule has 5 rings (SSSR count). The van der Waals surface area contributed by atoms with E-state index in [1.807, 2.05) is 18.2 Å². The SMILES string of the molecule is Cc1cnn(C2CCCN(c3cc(Cl)ccc3-c3ccc(N4CCN(CCC(F)F)CC4)cc3)C2)c1C(F)F. The summed E-state index contributed by atoms with van der Waals surface area (Å²) in [7, 11) is 0. The van der Waals surface area contributed by atoms with E-state index in [9.17, 15) is 17.6 Å². The van der Waals surface area contributed by atoms with Crippen molar-refractivity contribution >= 4 is 23.0 Å². The average Bonchev–Trinajstić information content (AvgIpc) is 3.34. The highest BCUT2D eigenvalue weighted by molar-refractivity contribution is 6.31.